The Balaban J connectivity index is 1.32. The van der Waals surface area contributed by atoms with Gasteiger partial charge in [0.2, 0.25) is 0 Å². The van der Waals surface area contributed by atoms with Crippen molar-refractivity contribution in [1.29, 1.82) is 0 Å². The minimum Gasteiger partial charge on any atom is -0.377 e. The fourth-order valence-electron chi connectivity index (χ4n) is 5.45. The Bertz CT molecular complexity index is 820. The fraction of sp³-hybridized carbons (Fsp3) is 0.524. The van der Waals surface area contributed by atoms with E-state index in [2.05, 4.69) is 10.4 Å². The van der Waals surface area contributed by atoms with Crippen molar-refractivity contribution in [1.82, 2.24) is 15.1 Å². The molecule has 5 rings (SSSR count). The lowest BCUT2D eigenvalue weighted by Gasteiger charge is -2.56. The van der Waals surface area contributed by atoms with Gasteiger partial charge in [-0.05, 0) is 56.5 Å². The normalized spacial score (nSPS) is 28.7. The lowest BCUT2D eigenvalue weighted by molar-refractivity contribution is -0.126. The number of nitrogens with one attached hydrogen (secondary N) is 1. The molecule has 2 aromatic rings. The molecule has 0 bridgehead atoms. The van der Waals surface area contributed by atoms with Gasteiger partial charge in [0, 0.05) is 35.7 Å². The van der Waals surface area contributed by atoms with E-state index in [1.807, 2.05) is 48.1 Å². The van der Waals surface area contributed by atoms with Gasteiger partial charge in [-0.3, -0.25) is 4.79 Å². The Morgan fingerprint density at radius 2 is 2.00 bits per heavy atom. The quantitative estimate of drug-likeness (QED) is 0.923. The molecule has 1 spiro atoms. The minimum absolute atomic E-state index is 0.0369. The maximum absolute atomic E-state index is 12.9. The number of ether oxygens (including phenoxy) is 1. The smallest absolute Gasteiger partial charge is 0.251 e. The zero-order valence-corrected chi connectivity index (χ0v) is 15.1. The van der Waals surface area contributed by atoms with Crippen LogP contribution in [0.2, 0.25) is 0 Å². The number of benzene rings is 1. The molecule has 1 aliphatic heterocycles. The van der Waals surface area contributed by atoms with Gasteiger partial charge in [-0.1, -0.05) is 12.8 Å². The van der Waals surface area contributed by atoms with Crippen molar-refractivity contribution in [3.63, 3.8) is 0 Å². The number of hydrogen-bond acceptors (Lipinski definition) is 3. The Kier molecular flexibility index (Phi) is 3.67. The molecule has 1 saturated heterocycles. The lowest BCUT2D eigenvalue weighted by Crippen LogP contribution is -2.68. The summed E-state index contributed by atoms with van der Waals surface area (Å²) in [6.45, 7) is 2.82. The number of aromatic nitrogens is 2. The molecule has 5 nitrogen and oxygen atoms in total. The van der Waals surface area contributed by atoms with Gasteiger partial charge in [0.05, 0.1) is 17.5 Å². The zero-order valence-electron chi connectivity index (χ0n) is 15.1. The van der Waals surface area contributed by atoms with Crippen molar-refractivity contribution in [2.75, 3.05) is 6.61 Å². The Morgan fingerprint density at radius 3 is 2.69 bits per heavy atom. The van der Waals surface area contributed by atoms with Crippen LogP contribution in [0.15, 0.2) is 36.5 Å². The molecule has 3 aliphatic rings. The Labute approximate surface area is 153 Å². The van der Waals surface area contributed by atoms with Crippen LogP contribution >= 0.6 is 0 Å². The first-order chi connectivity index (χ1) is 12.7. The molecule has 3 atom stereocenters. The van der Waals surface area contributed by atoms with E-state index in [9.17, 15) is 4.79 Å². The highest BCUT2D eigenvalue weighted by molar-refractivity contribution is 5.94. The first-order valence-electron chi connectivity index (χ1n) is 9.73. The predicted octanol–water partition coefficient (Wildman–Crippen LogP) is 3.26. The molecule has 3 unspecified atom stereocenters. The van der Waals surface area contributed by atoms with Crippen LogP contribution in [0.5, 0.6) is 0 Å². The minimum atomic E-state index is 0.0369. The SMILES string of the molecule is Cc1ccn(-c2ccc(C(=O)NC3C4CCOC4C34CCCC4)cc2)n1. The van der Waals surface area contributed by atoms with Gasteiger partial charge in [-0.15, -0.1) is 0 Å². The standard InChI is InChI=1S/C21H25N3O2/c1-14-8-12-24(23-14)16-6-4-15(5-7-16)20(25)22-18-17-9-13-26-19(17)21(18)10-2-3-11-21/h4-8,12,17-19H,2-3,9-11,13H2,1H3,(H,22,25). The van der Waals surface area contributed by atoms with Crippen LogP contribution in [0.25, 0.3) is 5.69 Å². The summed E-state index contributed by atoms with van der Waals surface area (Å²) in [4.78, 5) is 12.9. The molecule has 2 saturated carbocycles. The highest BCUT2D eigenvalue weighted by Gasteiger charge is 2.65. The largest absolute Gasteiger partial charge is 0.377 e. The maximum atomic E-state index is 12.9. The molecule has 136 valence electrons. The average Bonchev–Trinajstić information content (AvgIpc) is 3.39. The number of hydrogen-bond donors (Lipinski definition) is 1. The van der Waals surface area contributed by atoms with E-state index in [-0.39, 0.29) is 17.4 Å². The predicted molar refractivity (Wildman–Crippen MR) is 98.3 cm³/mol. The number of fused-ring (bicyclic) bond motifs is 2. The molecule has 2 aliphatic carbocycles. The summed E-state index contributed by atoms with van der Waals surface area (Å²) >= 11 is 0. The van der Waals surface area contributed by atoms with E-state index in [4.69, 9.17) is 4.74 Å². The van der Waals surface area contributed by atoms with Crippen molar-refractivity contribution < 1.29 is 9.53 Å². The molecule has 1 aromatic heterocycles. The maximum Gasteiger partial charge on any atom is 0.251 e. The van der Waals surface area contributed by atoms with E-state index in [1.54, 1.807) is 0 Å². The molecule has 3 fully saturated rings. The van der Waals surface area contributed by atoms with Crippen LogP contribution in [0.4, 0.5) is 0 Å². The van der Waals surface area contributed by atoms with Crippen LogP contribution in [0.1, 0.15) is 48.2 Å². The van der Waals surface area contributed by atoms with Crippen LogP contribution in [-0.2, 0) is 4.74 Å². The van der Waals surface area contributed by atoms with Crippen molar-refractivity contribution in [2.24, 2.45) is 11.3 Å². The lowest BCUT2D eigenvalue weighted by atomic mass is 9.54. The van der Waals surface area contributed by atoms with Crippen LogP contribution in [0, 0.1) is 18.3 Å². The Hall–Kier alpha value is -2.14. The van der Waals surface area contributed by atoms with E-state index < -0.39 is 0 Å². The first kappa shape index (κ1) is 16.1. The van der Waals surface area contributed by atoms with Gasteiger partial charge < -0.3 is 10.1 Å². The van der Waals surface area contributed by atoms with Crippen LogP contribution < -0.4 is 5.32 Å². The van der Waals surface area contributed by atoms with E-state index in [0.29, 0.717) is 17.6 Å². The third-order valence-corrected chi connectivity index (χ3v) is 6.69. The number of aryl methyl sites for hydroxylation is 1. The molecule has 1 amide bonds. The monoisotopic (exact) mass is 351 g/mol. The van der Waals surface area contributed by atoms with Gasteiger partial charge in [0.1, 0.15) is 0 Å². The first-order valence-corrected chi connectivity index (χ1v) is 9.73. The Morgan fingerprint density at radius 1 is 1.23 bits per heavy atom. The van der Waals surface area contributed by atoms with Gasteiger partial charge in [0.25, 0.3) is 5.91 Å². The molecule has 2 heterocycles. The van der Waals surface area contributed by atoms with E-state index >= 15 is 0 Å². The topological polar surface area (TPSA) is 56.2 Å². The second-order valence-corrected chi connectivity index (χ2v) is 8.08. The summed E-state index contributed by atoms with van der Waals surface area (Å²) in [5, 5.41) is 7.77. The zero-order chi connectivity index (χ0) is 17.7. The van der Waals surface area contributed by atoms with Crippen molar-refractivity contribution in [3.8, 4) is 5.69 Å². The van der Waals surface area contributed by atoms with Crippen LogP contribution in [-0.4, -0.2) is 34.4 Å². The average molecular weight is 351 g/mol. The molecule has 5 heteroatoms. The third-order valence-electron chi connectivity index (χ3n) is 6.69. The van der Waals surface area contributed by atoms with Crippen molar-refractivity contribution >= 4 is 5.91 Å². The molecule has 0 radical (unpaired) electrons. The number of amides is 1. The second kappa shape index (κ2) is 5.95. The summed E-state index contributed by atoms with van der Waals surface area (Å²) in [5.41, 5.74) is 2.86. The van der Waals surface area contributed by atoms with Gasteiger partial charge in [0.15, 0.2) is 0 Å². The summed E-state index contributed by atoms with van der Waals surface area (Å²) in [5.74, 6) is 0.540. The third kappa shape index (κ3) is 2.33. The second-order valence-electron chi connectivity index (χ2n) is 8.08. The number of nitrogens with zero attached hydrogens (tertiary/aromatic N) is 2. The van der Waals surface area contributed by atoms with Crippen molar-refractivity contribution in [2.45, 2.75) is 51.2 Å². The van der Waals surface area contributed by atoms with Crippen molar-refractivity contribution in [3.05, 3.63) is 47.8 Å². The highest BCUT2D eigenvalue weighted by Crippen LogP contribution is 2.60. The molecule has 26 heavy (non-hydrogen) atoms. The number of rotatable bonds is 3. The van der Waals surface area contributed by atoms with Gasteiger partial charge in [-0.25, -0.2) is 4.68 Å². The van der Waals surface area contributed by atoms with Crippen LogP contribution in [0.3, 0.4) is 0 Å². The number of carbonyl (C=O) groups excluding carboxylic acids is 1. The summed E-state index contributed by atoms with van der Waals surface area (Å²) < 4.78 is 7.84. The molecular weight excluding hydrogens is 326 g/mol. The summed E-state index contributed by atoms with van der Waals surface area (Å²) in [6, 6.07) is 9.94. The molecular formula is C21H25N3O2. The number of carbonyl (C=O) groups is 1. The highest BCUT2D eigenvalue weighted by atomic mass is 16.5. The van der Waals surface area contributed by atoms with Gasteiger partial charge >= 0.3 is 0 Å². The summed E-state index contributed by atoms with van der Waals surface area (Å²) in [7, 11) is 0. The van der Waals surface area contributed by atoms with E-state index in [0.717, 1.165) is 24.4 Å². The van der Waals surface area contributed by atoms with E-state index in [1.165, 1.54) is 25.7 Å². The van der Waals surface area contributed by atoms with Gasteiger partial charge in [-0.2, -0.15) is 5.10 Å². The molecule has 1 aromatic carbocycles. The summed E-state index contributed by atoms with van der Waals surface area (Å²) in [6.07, 6.45) is 8.29. The fourth-order valence-corrected chi connectivity index (χ4v) is 5.45. The molecule has 1 N–H and O–H groups in total.